The van der Waals surface area contributed by atoms with Crippen LogP contribution in [0.15, 0.2) is 151 Å². The Kier molecular flexibility index (Phi) is 19.2. The molecule has 13 rings (SSSR count). The molecule has 3 aliphatic heterocycles. The average molecular weight is 1270 g/mol. The number of amides is 5. The number of hydrogen-bond donors (Lipinski definition) is 9. The van der Waals surface area contributed by atoms with Crippen LogP contribution in [0.4, 0.5) is 0 Å². The summed E-state index contributed by atoms with van der Waals surface area (Å²) in [6, 6.07) is 34.2. The Bertz CT molecular complexity index is 3850. The van der Waals surface area contributed by atoms with Crippen LogP contribution in [0.5, 0.6) is 17.2 Å². The van der Waals surface area contributed by atoms with E-state index in [1.54, 1.807) is 126 Å². The van der Waals surface area contributed by atoms with E-state index >= 15 is 0 Å². The first-order valence-corrected chi connectivity index (χ1v) is 31.6. The van der Waals surface area contributed by atoms with Crippen LogP contribution in [0.2, 0.25) is 0 Å². The number of hydrogen-bond acceptors (Lipinski definition) is 17. The van der Waals surface area contributed by atoms with Crippen LogP contribution in [0.1, 0.15) is 107 Å². The second kappa shape index (κ2) is 27.6. The van der Waals surface area contributed by atoms with Gasteiger partial charge in [-0.25, -0.2) is 4.98 Å². The molecule has 5 aromatic carbocycles. The molecule has 92 heavy (non-hydrogen) atoms. The van der Waals surface area contributed by atoms with Crippen molar-refractivity contribution < 1.29 is 67.9 Å². The minimum absolute atomic E-state index is 0.00345. The maximum absolute atomic E-state index is 13.9. The lowest BCUT2D eigenvalue weighted by molar-refractivity contribution is -0.131. The third-order valence-corrected chi connectivity index (χ3v) is 19.3. The molecule has 6 aliphatic rings. The van der Waals surface area contributed by atoms with E-state index in [0.29, 0.717) is 48.9 Å². The maximum Gasteiger partial charge on any atom is 0.251 e. The van der Waals surface area contributed by atoms with E-state index in [9.17, 15) is 53.7 Å². The first-order chi connectivity index (χ1) is 44.3. The van der Waals surface area contributed by atoms with E-state index in [1.807, 2.05) is 29.6 Å². The number of ketones is 3. The number of fused-ring (bicyclic) bond motifs is 3. The minimum Gasteiger partial charge on any atom is -0.508 e. The van der Waals surface area contributed by atoms with E-state index in [1.165, 1.54) is 12.1 Å². The number of benzene rings is 5. The second-order valence-corrected chi connectivity index (χ2v) is 25.1. The third-order valence-electron chi connectivity index (χ3n) is 18.4. The van der Waals surface area contributed by atoms with Crippen LogP contribution < -0.4 is 32.7 Å². The predicted molar refractivity (Wildman–Crippen MR) is 338 cm³/mol. The zero-order chi connectivity index (χ0) is 64.7. The molecule has 7 aromatic rings. The number of rotatable bonds is 18. The molecule has 0 radical (unpaired) electrons. The number of nitrogens with one attached hydrogen (secondary N) is 4. The highest BCUT2D eigenvalue weighted by atomic mass is 32.1. The first kappa shape index (κ1) is 64.2. The topological polar surface area (TPSA) is 343 Å². The van der Waals surface area contributed by atoms with Gasteiger partial charge in [-0.3, -0.25) is 38.4 Å². The number of aromatic nitrogens is 2. The number of phenolic OH excluding ortho intramolecular Hbond substituents is 3. The van der Waals surface area contributed by atoms with Crippen LogP contribution in [0, 0.1) is 0 Å². The third kappa shape index (κ3) is 13.8. The van der Waals surface area contributed by atoms with Gasteiger partial charge in [-0.05, 0) is 177 Å². The molecule has 478 valence electrons. The molecule has 9 unspecified atom stereocenters. The Morgan fingerprint density at radius 3 is 1.58 bits per heavy atom. The summed E-state index contributed by atoms with van der Waals surface area (Å²) in [4.78, 5) is 108. The zero-order valence-electron chi connectivity index (χ0n) is 50.3. The number of nitrogens with zero attached hydrogens (tertiary/aromatic N) is 2. The number of phenols is 3. The summed E-state index contributed by atoms with van der Waals surface area (Å²) in [5.74, 6) is -2.90. The summed E-state index contributed by atoms with van der Waals surface area (Å²) in [5, 5.41) is 42.2. The van der Waals surface area contributed by atoms with E-state index < -0.39 is 46.4 Å². The Morgan fingerprint density at radius 1 is 0.609 bits per heavy atom. The molecule has 5 amide bonds. The Labute approximate surface area is 534 Å². The lowest BCUT2D eigenvalue weighted by Crippen LogP contribution is -2.60. The van der Waals surface area contributed by atoms with Crippen molar-refractivity contribution in [2.75, 3.05) is 19.8 Å². The normalized spacial score (nSPS) is 23.5. The van der Waals surface area contributed by atoms with Gasteiger partial charge in [-0.1, -0.05) is 54.6 Å². The minimum atomic E-state index is -1.04. The van der Waals surface area contributed by atoms with Crippen molar-refractivity contribution >= 4 is 58.2 Å². The van der Waals surface area contributed by atoms with Gasteiger partial charge < -0.3 is 66.8 Å². The van der Waals surface area contributed by atoms with Crippen molar-refractivity contribution in [3.8, 4) is 33.4 Å². The molecule has 0 bridgehead atoms. The monoisotopic (exact) mass is 1270 g/mol. The van der Waals surface area contributed by atoms with E-state index in [4.69, 9.17) is 25.7 Å². The quantitative estimate of drug-likeness (QED) is 0.0494. The molecule has 9 atom stereocenters. The summed E-state index contributed by atoms with van der Waals surface area (Å²) < 4.78 is 18.5. The van der Waals surface area contributed by atoms with Crippen LogP contribution in [-0.2, 0) is 62.2 Å². The molecular formula is C69H72N8O14S. The van der Waals surface area contributed by atoms with Crippen molar-refractivity contribution in [1.82, 2.24) is 30.8 Å². The van der Waals surface area contributed by atoms with Gasteiger partial charge >= 0.3 is 0 Å². The van der Waals surface area contributed by atoms with E-state index in [-0.39, 0.29) is 109 Å². The van der Waals surface area contributed by atoms with Gasteiger partial charge in [-0.15, -0.1) is 11.3 Å². The Hall–Kier alpha value is -9.39. The maximum atomic E-state index is 13.9. The number of carbonyl (C=O) groups excluding carboxylic acids is 8. The number of imidazole rings is 1. The number of aromatic hydroxyl groups is 3. The Balaban J connectivity index is 0.000000145. The van der Waals surface area contributed by atoms with Gasteiger partial charge in [0, 0.05) is 40.5 Å². The van der Waals surface area contributed by atoms with Gasteiger partial charge in [0.05, 0.1) is 36.6 Å². The van der Waals surface area contributed by atoms with Crippen molar-refractivity contribution in [2.24, 2.45) is 11.5 Å². The highest BCUT2D eigenvalue weighted by Crippen LogP contribution is 2.41. The number of thiophene rings is 1. The molecule has 22 nitrogen and oxygen atoms in total. The molecule has 2 aromatic heterocycles. The molecule has 3 aliphatic carbocycles. The van der Waals surface area contributed by atoms with Crippen molar-refractivity contribution in [2.45, 2.75) is 130 Å². The first-order valence-electron chi connectivity index (χ1n) is 30.7. The van der Waals surface area contributed by atoms with E-state index in [0.717, 1.165) is 59.2 Å². The molecule has 23 heteroatoms. The van der Waals surface area contributed by atoms with Crippen molar-refractivity contribution in [3.05, 3.63) is 185 Å². The SMILES string of the molecule is NC(=O)c1ccc(-n2ccnc2)cc1C(Cc1ccc(O)cc1)C(=O)NC12CCCC1OCC2=O.NC(Cc1ccc(O)cc1)C(=O)NC12CCCC1OCC2=O.O=C(NC(Cc1ccc(O)cc1)C(=O)NC12CCCC1OCC2=O)c1ccc(-c2cccs2)cc1. The molecule has 5 heterocycles. The molecule has 0 spiro atoms. The fourth-order valence-electron chi connectivity index (χ4n) is 13.4. The van der Waals surface area contributed by atoms with Gasteiger partial charge in [0.15, 0.2) is 17.3 Å². The second-order valence-electron chi connectivity index (χ2n) is 24.2. The van der Waals surface area contributed by atoms with Gasteiger partial charge in [-0.2, -0.15) is 0 Å². The summed E-state index contributed by atoms with van der Waals surface area (Å²) in [7, 11) is 0. The predicted octanol–water partition coefficient (Wildman–Crippen LogP) is 5.75. The van der Waals surface area contributed by atoms with Gasteiger partial charge in [0.2, 0.25) is 23.6 Å². The highest BCUT2D eigenvalue weighted by molar-refractivity contribution is 7.13. The van der Waals surface area contributed by atoms with Crippen molar-refractivity contribution in [1.29, 1.82) is 0 Å². The highest BCUT2D eigenvalue weighted by Gasteiger charge is 2.57. The summed E-state index contributed by atoms with van der Waals surface area (Å²) in [6.45, 7) is 0.0465. The molecule has 6 fully saturated rings. The fourth-order valence-corrected chi connectivity index (χ4v) is 14.1. The number of nitrogens with two attached hydrogens (primary N) is 2. The zero-order valence-corrected chi connectivity index (χ0v) is 51.1. The van der Waals surface area contributed by atoms with Crippen LogP contribution in [0.3, 0.4) is 0 Å². The molecule has 11 N–H and O–H groups in total. The van der Waals surface area contributed by atoms with Crippen LogP contribution >= 0.6 is 11.3 Å². The number of carbonyl (C=O) groups is 8. The Morgan fingerprint density at radius 2 is 1.10 bits per heavy atom. The van der Waals surface area contributed by atoms with E-state index in [2.05, 4.69) is 26.3 Å². The van der Waals surface area contributed by atoms with Crippen LogP contribution in [0.25, 0.3) is 16.1 Å². The number of primary amides is 1. The van der Waals surface area contributed by atoms with Crippen molar-refractivity contribution in [3.63, 3.8) is 0 Å². The molecule has 3 saturated heterocycles. The smallest absolute Gasteiger partial charge is 0.251 e. The summed E-state index contributed by atoms with van der Waals surface area (Å²) >= 11 is 1.62. The largest absolute Gasteiger partial charge is 0.508 e. The van der Waals surface area contributed by atoms with Gasteiger partial charge in [0.25, 0.3) is 5.91 Å². The molecule has 3 saturated carbocycles. The number of ether oxygens (including phenoxy) is 3. The summed E-state index contributed by atoms with van der Waals surface area (Å²) in [5.41, 5.74) is 14.0. The lowest BCUT2D eigenvalue weighted by atomic mass is 9.85. The van der Waals surface area contributed by atoms with Gasteiger partial charge in [0.1, 0.15) is 59.7 Å². The fraction of sp³-hybridized carbons (Fsp3) is 0.348. The number of Topliss-reactive ketones (excluding diaryl/α,β-unsaturated/α-hetero) is 3. The average Bonchev–Trinajstić information content (AvgIpc) is 1.61. The molecular weight excluding hydrogens is 1200 g/mol. The summed E-state index contributed by atoms with van der Waals surface area (Å²) in [6.07, 6.45) is 11.2. The van der Waals surface area contributed by atoms with Crippen LogP contribution in [-0.4, -0.2) is 139 Å². The lowest BCUT2D eigenvalue weighted by Gasteiger charge is -2.30. The standard InChI is InChI=1S/C27H26N2O5S.C26H26N4O5.C16H20N2O4/c30-20-11-5-17(6-12-20)15-21(26(33)29-27-13-1-4-24(27)34-16-23(27)31)28-25(32)19-9-7-18(8-10-19)22-3-2-14-35-22;27-24(33)19-8-5-17(30-11-10-28-15-30)13-20(19)21(12-16-3-6-18(31)7-4-16)25(34)29-26-9-1-2-23(26)35-14-22(26)32;17-12(8-10-3-5-11(19)6-4-10)15(21)18-16-7-1-2-14(16)22-9-13(16)20/h2-3,5-12,14,21,24,30H,1,4,13,15-16H2,(H,28,32)(H,29,33);3-8,10-11,13,15,21,23,31H,1-2,9,12,14H2,(H2,27,33)(H,29,34);3-6,12,14,19H,1-2,7-9,17H2,(H,18,21).